The van der Waals surface area contributed by atoms with Crippen LogP contribution in [0.15, 0.2) is 10.5 Å². The lowest BCUT2D eigenvalue weighted by atomic mass is 10.3. The largest absolute Gasteiger partial charge is 0.435 e. The van der Waals surface area contributed by atoms with Crippen molar-refractivity contribution in [2.75, 3.05) is 6.54 Å². The Hall–Kier alpha value is -2.64. The van der Waals surface area contributed by atoms with Gasteiger partial charge < -0.3 is 14.6 Å². The predicted molar refractivity (Wildman–Crippen MR) is 89.7 cm³/mol. The molecule has 3 rings (SSSR count). The molecule has 2 aromatic rings. The summed E-state index contributed by atoms with van der Waals surface area (Å²) < 4.78 is 7.38. The summed E-state index contributed by atoms with van der Waals surface area (Å²) in [5, 5.41) is 7.35. The van der Waals surface area contributed by atoms with Crippen LogP contribution < -0.4 is 5.32 Å². The molecule has 0 aliphatic carbocycles. The SMILES string of the molecule is CCc1nc(C)c(C(=O)NCc2cc3n(n2)CCCN(C(C)=O)C3)o1. The number of hydrogen-bond acceptors (Lipinski definition) is 5. The van der Waals surface area contributed by atoms with Crippen LogP contribution in [-0.4, -0.2) is 38.0 Å². The van der Waals surface area contributed by atoms with E-state index in [-0.39, 0.29) is 17.6 Å². The lowest BCUT2D eigenvalue weighted by Crippen LogP contribution is -2.28. The van der Waals surface area contributed by atoms with Crippen molar-refractivity contribution in [2.45, 2.75) is 53.2 Å². The number of fused-ring (bicyclic) bond motifs is 1. The van der Waals surface area contributed by atoms with Gasteiger partial charge in [-0.3, -0.25) is 14.3 Å². The zero-order valence-electron chi connectivity index (χ0n) is 14.8. The van der Waals surface area contributed by atoms with Gasteiger partial charge in [-0.15, -0.1) is 0 Å². The summed E-state index contributed by atoms with van der Waals surface area (Å²) in [7, 11) is 0. The van der Waals surface area contributed by atoms with E-state index in [9.17, 15) is 9.59 Å². The Labute approximate surface area is 146 Å². The first-order valence-corrected chi connectivity index (χ1v) is 8.53. The van der Waals surface area contributed by atoms with Crippen molar-refractivity contribution in [3.05, 3.63) is 34.8 Å². The van der Waals surface area contributed by atoms with E-state index in [1.807, 2.05) is 22.6 Å². The van der Waals surface area contributed by atoms with Crippen LogP contribution in [-0.2, 0) is 30.8 Å². The maximum Gasteiger partial charge on any atom is 0.289 e. The molecule has 0 atom stereocenters. The first-order chi connectivity index (χ1) is 12.0. The highest BCUT2D eigenvalue weighted by atomic mass is 16.4. The number of rotatable bonds is 4. The molecule has 0 aromatic carbocycles. The third kappa shape index (κ3) is 3.72. The van der Waals surface area contributed by atoms with Gasteiger partial charge in [0.05, 0.1) is 30.2 Å². The molecular weight excluding hydrogens is 322 g/mol. The highest BCUT2D eigenvalue weighted by Gasteiger charge is 2.20. The molecule has 0 saturated carbocycles. The molecule has 134 valence electrons. The minimum absolute atomic E-state index is 0.0667. The van der Waals surface area contributed by atoms with Gasteiger partial charge in [0.25, 0.3) is 5.91 Å². The lowest BCUT2D eigenvalue weighted by Gasteiger charge is -2.17. The van der Waals surface area contributed by atoms with Gasteiger partial charge in [-0.1, -0.05) is 6.92 Å². The van der Waals surface area contributed by atoms with E-state index in [2.05, 4.69) is 15.4 Å². The Morgan fingerprint density at radius 1 is 1.36 bits per heavy atom. The molecule has 8 nitrogen and oxygen atoms in total. The number of carbonyl (C=O) groups is 2. The van der Waals surface area contributed by atoms with E-state index >= 15 is 0 Å². The Bertz CT molecular complexity index is 792. The Morgan fingerprint density at radius 3 is 2.84 bits per heavy atom. The molecule has 25 heavy (non-hydrogen) atoms. The topological polar surface area (TPSA) is 93.3 Å². The number of hydrogen-bond donors (Lipinski definition) is 1. The number of amides is 2. The molecule has 0 spiro atoms. The Kier molecular flexibility index (Phi) is 4.87. The van der Waals surface area contributed by atoms with Gasteiger partial charge in [-0.05, 0) is 19.4 Å². The standard InChI is InChI=1S/C17H23N5O3/c1-4-15-19-11(2)16(25-15)17(24)18-9-13-8-14-10-21(12(3)23)6-5-7-22(14)20-13/h8H,4-7,9-10H2,1-3H3,(H,18,24). The van der Waals surface area contributed by atoms with Crippen molar-refractivity contribution in [2.24, 2.45) is 0 Å². The summed E-state index contributed by atoms with van der Waals surface area (Å²) in [5.74, 6) is 0.580. The molecule has 0 saturated heterocycles. The molecule has 0 radical (unpaired) electrons. The summed E-state index contributed by atoms with van der Waals surface area (Å²) in [5.41, 5.74) is 2.34. The van der Waals surface area contributed by atoms with Crippen LogP contribution in [0.4, 0.5) is 0 Å². The molecule has 0 bridgehead atoms. The summed E-state index contributed by atoms with van der Waals surface area (Å²) >= 11 is 0. The van der Waals surface area contributed by atoms with E-state index in [1.165, 1.54) is 0 Å². The molecule has 2 aromatic heterocycles. The third-order valence-electron chi connectivity index (χ3n) is 4.29. The van der Waals surface area contributed by atoms with Gasteiger partial charge in [-0.2, -0.15) is 5.10 Å². The quantitative estimate of drug-likeness (QED) is 0.905. The zero-order valence-corrected chi connectivity index (χ0v) is 14.8. The molecule has 0 unspecified atom stereocenters. The van der Waals surface area contributed by atoms with Gasteiger partial charge in [0.15, 0.2) is 5.89 Å². The number of oxazole rings is 1. The lowest BCUT2D eigenvalue weighted by molar-refractivity contribution is -0.129. The van der Waals surface area contributed by atoms with Crippen LogP contribution in [0, 0.1) is 6.92 Å². The van der Waals surface area contributed by atoms with Gasteiger partial charge in [0, 0.05) is 26.4 Å². The average molecular weight is 345 g/mol. The minimum Gasteiger partial charge on any atom is -0.435 e. The minimum atomic E-state index is -0.293. The number of aryl methyl sites for hydroxylation is 3. The summed E-state index contributed by atoms with van der Waals surface area (Å²) in [4.78, 5) is 29.9. The first-order valence-electron chi connectivity index (χ1n) is 8.53. The van der Waals surface area contributed by atoms with Gasteiger partial charge in [-0.25, -0.2) is 4.98 Å². The maximum absolute atomic E-state index is 12.3. The second kappa shape index (κ2) is 7.08. The van der Waals surface area contributed by atoms with Crippen molar-refractivity contribution in [3.63, 3.8) is 0 Å². The fraction of sp³-hybridized carbons (Fsp3) is 0.529. The Balaban J connectivity index is 1.66. The molecule has 1 aliphatic rings. The van der Waals surface area contributed by atoms with Gasteiger partial charge >= 0.3 is 0 Å². The van der Waals surface area contributed by atoms with Crippen LogP contribution in [0.3, 0.4) is 0 Å². The van der Waals surface area contributed by atoms with E-state index < -0.39 is 0 Å². The van der Waals surface area contributed by atoms with Crippen molar-refractivity contribution in [3.8, 4) is 0 Å². The fourth-order valence-corrected chi connectivity index (χ4v) is 2.94. The van der Waals surface area contributed by atoms with Gasteiger partial charge in [0.1, 0.15) is 0 Å². The summed E-state index contributed by atoms with van der Waals surface area (Å²) in [6.45, 7) is 7.64. The zero-order chi connectivity index (χ0) is 18.0. The number of nitrogens with zero attached hydrogens (tertiary/aromatic N) is 4. The third-order valence-corrected chi connectivity index (χ3v) is 4.29. The van der Waals surface area contributed by atoms with E-state index in [1.54, 1.807) is 13.8 Å². The number of nitrogens with one attached hydrogen (secondary N) is 1. The highest BCUT2D eigenvalue weighted by Crippen LogP contribution is 2.15. The molecule has 8 heteroatoms. The van der Waals surface area contributed by atoms with Crippen LogP contribution in [0.5, 0.6) is 0 Å². The smallest absolute Gasteiger partial charge is 0.289 e. The van der Waals surface area contributed by atoms with E-state index in [4.69, 9.17) is 4.42 Å². The monoisotopic (exact) mass is 345 g/mol. The molecule has 3 heterocycles. The van der Waals surface area contributed by atoms with Crippen molar-refractivity contribution >= 4 is 11.8 Å². The summed E-state index contributed by atoms with van der Waals surface area (Å²) in [6.07, 6.45) is 1.52. The Morgan fingerprint density at radius 2 is 2.16 bits per heavy atom. The molecule has 1 aliphatic heterocycles. The second-order valence-corrected chi connectivity index (χ2v) is 6.20. The van der Waals surface area contributed by atoms with Crippen molar-refractivity contribution in [1.82, 2.24) is 25.0 Å². The first kappa shape index (κ1) is 17.2. The normalized spacial score (nSPS) is 14.1. The number of carbonyl (C=O) groups excluding carboxylic acids is 2. The number of aromatic nitrogens is 3. The molecule has 0 fully saturated rings. The average Bonchev–Trinajstić information content (AvgIpc) is 3.09. The van der Waals surface area contributed by atoms with Gasteiger partial charge in [0.2, 0.25) is 11.7 Å². The molecule has 1 N–H and O–H groups in total. The molecular formula is C17H23N5O3. The van der Waals surface area contributed by atoms with Crippen LogP contribution in [0.25, 0.3) is 0 Å². The fourth-order valence-electron chi connectivity index (χ4n) is 2.94. The maximum atomic E-state index is 12.3. The predicted octanol–water partition coefficient (Wildman–Crippen LogP) is 1.42. The molecule has 2 amide bonds. The van der Waals surface area contributed by atoms with Crippen LogP contribution >= 0.6 is 0 Å². The van der Waals surface area contributed by atoms with Crippen molar-refractivity contribution < 1.29 is 14.0 Å². The summed E-state index contributed by atoms with van der Waals surface area (Å²) in [6, 6.07) is 1.94. The van der Waals surface area contributed by atoms with Crippen LogP contribution in [0.2, 0.25) is 0 Å². The van der Waals surface area contributed by atoms with E-state index in [0.717, 1.165) is 30.9 Å². The van der Waals surface area contributed by atoms with Crippen LogP contribution in [0.1, 0.15) is 53.8 Å². The second-order valence-electron chi connectivity index (χ2n) is 6.20. The van der Waals surface area contributed by atoms with Crippen molar-refractivity contribution in [1.29, 1.82) is 0 Å². The van der Waals surface area contributed by atoms with E-state index in [0.29, 0.717) is 31.1 Å². The highest BCUT2D eigenvalue weighted by molar-refractivity contribution is 5.92.